The van der Waals surface area contributed by atoms with Crippen molar-refractivity contribution in [2.75, 3.05) is 0 Å². The Balaban J connectivity index is 3.02. The Morgan fingerprint density at radius 1 is 1.47 bits per heavy atom. The zero-order chi connectivity index (χ0) is 11.3. The predicted octanol–water partition coefficient (Wildman–Crippen LogP) is 3.05. The lowest BCUT2D eigenvalue weighted by Gasteiger charge is -1.97. The van der Waals surface area contributed by atoms with E-state index >= 15 is 0 Å². The predicted molar refractivity (Wildman–Crippen MR) is 59.6 cm³/mol. The van der Waals surface area contributed by atoms with Crippen LogP contribution in [0.3, 0.4) is 0 Å². The van der Waals surface area contributed by atoms with Crippen LogP contribution in [0, 0.1) is 28.9 Å². The van der Waals surface area contributed by atoms with Crippen LogP contribution in [-0.4, -0.2) is 4.92 Å². The highest BCUT2D eigenvalue weighted by molar-refractivity contribution is 5.47. The van der Waals surface area contributed by atoms with Crippen molar-refractivity contribution in [1.29, 1.82) is 0 Å². The van der Waals surface area contributed by atoms with Gasteiger partial charge < -0.3 is 0 Å². The summed E-state index contributed by atoms with van der Waals surface area (Å²) < 4.78 is 0. The smallest absolute Gasteiger partial charge is 0.258 e. The first kappa shape index (κ1) is 11.3. The molecular weight excluding hydrogens is 190 g/mol. The number of nitro benzene ring substituents is 1. The lowest BCUT2D eigenvalue weighted by atomic mass is 10.1. The van der Waals surface area contributed by atoms with Gasteiger partial charge in [0, 0.05) is 24.1 Å². The van der Waals surface area contributed by atoms with Crippen molar-refractivity contribution in [3.8, 4) is 11.8 Å². The van der Waals surface area contributed by atoms with E-state index in [0.717, 1.165) is 24.0 Å². The third kappa shape index (κ3) is 3.10. The molecule has 0 amide bonds. The van der Waals surface area contributed by atoms with Crippen molar-refractivity contribution in [3.05, 3.63) is 39.4 Å². The number of benzene rings is 1. The summed E-state index contributed by atoms with van der Waals surface area (Å²) in [5.74, 6) is 5.94. The molecule has 0 aromatic heterocycles. The van der Waals surface area contributed by atoms with Crippen LogP contribution in [0.15, 0.2) is 18.2 Å². The van der Waals surface area contributed by atoms with Gasteiger partial charge in [-0.1, -0.05) is 24.8 Å². The van der Waals surface area contributed by atoms with Crippen LogP contribution in [0.2, 0.25) is 0 Å². The Kier molecular flexibility index (Phi) is 3.87. The summed E-state index contributed by atoms with van der Waals surface area (Å²) in [7, 11) is 0. The molecule has 0 heterocycles. The number of nitro groups is 1. The number of rotatable bonds is 2. The van der Waals surface area contributed by atoms with Gasteiger partial charge in [-0.2, -0.15) is 0 Å². The summed E-state index contributed by atoms with van der Waals surface area (Å²) in [6.45, 7) is 3.95. The van der Waals surface area contributed by atoms with Crippen LogP contribution in [0.4, 0.5) is 5.69 Å². The van der Waals surface area contributed by atoms with E-state index < -0.39 is 4.92 Å². The Morgan fingerprint density at radius 3 is 2.80 bits per heavy atom. The molecule has 0 aliphatic rings. The van der Waals surface area contributed by atoms with Crippen molar-refractivity contribution in [2.45, 2.75) is 26.7 Å². The molecule has 0 saturated carbocycles. The van der Waals surface area contributed by atoms with Crippen molar-refractivity contribution >= 4 is 5.69 Å². The highest BCUT2D eigenvalue weighted by Gasteiger charge is 2.06. The summed E-state index contributed by atoms with van der Waals surface area (Å²) in [5, 5.41) is 10.6. The Morgan fingerprint density at radius 2 is 2.20 bits per heavy atom. The molecule has 78 valence electrons. The van der Waals surface area contributed by atoms with Crippen LogP contribution in [0.25, 0.3) is 0 Å². The van der Waals surface area contributed by atoms with Gasteiger partial charge in [-0.25, -0.2) is 0 Å². The molecule has 1 rings (SSSR count). The van der Waals surface area contributed by atoms with E-state index in [-0.39, 0.29) is 5.69 Å². The molecule has 1 aromatic rings. The highest BCUT2D eigenvalue weighted by Crippen LogP contribution is 2.16. The number of non-ortho nitro benzene ring substituents is 1. The van der Waals surface area contributed by atoms with E-state index in [2.05, 4.69) is 18.8 Å². The van der Waals surface area contributed by atoms with E-state index in [1.54, 1.807) is 6.07 Å². The summed E-state index contributed by atoms with van der Waals surface area (Å²) >= 11 is 0. The fourth-order valence-electron chi connectivity index (χ4n) is 1.14. The zero-order valence-corrected chi connectivity index (χ0v) is 8.91. The average molecular weight is 203 g/mol. The molecule has 1 aromatic carbocycles. The SMILES string of the molecule is CCCC#Cc1cc([N+](=O)[O-])ccc1C. The largest absolute Gasteiger partial charge is 0.270 e. The second-order valence-corrected chi connectivity index (χ2v) is 3.31. The van der Waals surface area contributed by atoms with Gasteiger partial charge in [0.1, 0.15) is 0 Å². The minimum atomic E-state index is -0.398. The van der Waals surface area contributed by atoms with Crippen LogP contribution in [-0.2, 0) is 0 Å². The van der Waals surface area contributed by atoms with Gasteiger partial charge in [0.25, 0.3) is 5.69 Å². The van der Waals surface area contributed by atoms with Crippen molar-refractivity contribution < 1.29 is 4.92 Å². The third-order valence-corrected chi connectivity index (χ3v) is 2.03. The van der Waals surface area contributed by atoms with Gasteiger partial charge in [-0.3, -0.25) is 10.1 Å². The average Bonchev–Trinajstić information content (AvgIpc) is 2.20. The number of hydrogen-bond acceptors (Lipinski definition) is 2. The molecular formula is C12H13NO2. The summed E-state index contributed by atoms with van der Waals surface area (Å²) in [6.07, 6.45) is 1.82. The molecule has 0 spiro atoms. The fourth-order valence-corrected chi connectivity index (χ4v) is 1.14. The summed E-state index contributed by atoms with van der Waals surface area (Å²) in [4.78, 5) is 10.2. The van der Waals surface area contributed by atoms with Crippen LogP contribution < -0.4 is 0 Å². The maximum absolute atomic E-state index is 10.6. The molecule has 0 bridgehead atoms. The fraction of sp³-hybridized carbons (Fsp3) is 0.333. The van der Waals surface area contributed by atoms with Gasteiger partial charge in [-0.15, -0.1) is 0 Å². The lowest BCUT2D eigenvalue weighted by Crippen LogP contribution is -1.90. The first-order chi connectivity index (χ1) is 7.15. The Labute approximate surface area is 89.3 Å². The molecule has 0 aliphatic heterocycles. The van der Waals surface area contributed by atoms with Gasteiger partial charge >= 0.3 is 0 Å². The number of unbranched alkanes of at least 4 members (excludes halogenated alkanes) is 1. The van der Waals surface area contributed by atoms with E-state index in [0.29, 0.717) is 0 Å². The van der Waals surface area contributed by atoms with E-state index in [1.807, 2.05) is 6.92 Å². The molecule has 3 nitrogen and oxygen atoms in total. The second-order valence-electron chi connectivity index (χ2n) is 3.31. The molecule has 0 atom stereocenters. The Hall–Kier alpha value is -1.82. The van der Waals surface area contributed by atoms with Crippen LogP contribution in [0.5, 0.6) is 0 Å². The first-order valence-electron chi connectivity index (χ1n) is 4.89. The molecule has 0 fully saturated rings. The summed E-state index contributed by atoms with van der Waals surface area (Å²) in [5.41, 5.74) is 1.82. The van der Waals surface area contributed by atoms with Gasteiger partial charge in [0.2, 0.25) is 0 Å². The maximum Gasteiger partial charge on any atom is 0.270 e. The Bertz CT molecular complexity index is 427. The van der Waals surface area contributed by atoms with Crippen LogP contribution >= 0.6 is 0 Å². The van der Waals surface area contributed by atoms with Crippen molar-refractivity contribution in [3.63, 3.8) is 0 Å². The second kappa shape index (κ2) is 5.16. The van der Waals surface area contributed by atoms with Crippen LogP contribution in [0.1, 0.15) is 30.9 Å². The van der Waals surface area contributed by atoms with E-state index in [9.17, 15) is 10.1 Å². The van der Waals surface area contributed by atoms with Gasteiger partial charge in [0.15, 0.2) is 0 Å². The van der Waals surface area contributed by atoms with Crippen molar-refractivity contribution in [1.82, 2.24) is 0 Å². The quantitative estimate of drug-likeness (QED) is 0.421. The van der Waals surface area contributed by atoms with Crippen molar-refractivity contribution in [2.24, 2.45) is 0 Å². The molecule has 3 heteroatoms. The summed E-state index contributed by atoms with van der Waals surface area (Å²) in [6, 6.07) is 4.76. The molecule has 15 heavy (non-hydrogen) atoms. The van der Waals surface area contributed by atoms with E-state index in [4.69, 9.17) is 0 Å². The monoisotopic (exact) mass is 203 g/mol. The molecule has 0 radical (unpaired) electrons. The first-order valence-corrected chi connectivity index (χ1v) is 4.89. The molecule has 0 saturated heterocycles. The lowest BCUT2D eigenvalue weighted by molar-refractivity contribution is -0.384. The third-order valence-electron chi connectivity index (χ3n) is 2.03. The normalized spacial score (nSPS) is 9.20. The minimum Gasteiger partial charge on any atom is -0.258 e. The molecule has 0 N–H and O–H groups in total. The van der Waals surface area contributed by atoms with E-state index in [1.165, 1.54) is 12.1 Å². The minimum absolute atomic E-state index is 0.0985. The molecule has 0 unspecified atom stereocenters. The maximum atomic E-state index is 10.6. The highest BCUT2D eigenvalue weighted by atomic mass is 16.6. The molecule has 0 aliphatic carbocycles. The zero-order valence-electron chi connectivity index (χ0n) is 8.91. The number of hydrogen-bond donors (Lipinski definition) is 0. The van der Waals surface area contributed by atoms with Gasteiger partial charge in [-0.05, 0) is 18.9 Å². The standard InChI is InChI=1S/C12H13NO2/c1-3-4-5-6-11-9-12(13(14)15)8-7-10(11)2/h7-9H,3-4H2,1-2H3. The number of nitrogens with zero attached hydrogens (tertiary/aromatic N) is 1. The number of aryl methyl sites for hydroxylation is 1. The topological polar surface area (TPSA) is 43.1 Å². The van der Waals surface area contributed by atoms with Gasteiger partial charge in [0.05, 0.1) is 4.92 Å².